The van der Waals surface area contributed by atoms with Crippen LogP contribution < -0.4 is 0 Å². The summed E-state index contributed by atoms with van der Waals surface area (Å²) in [5, 5.41) is 19.7. The number of halogens is 3. The van der Waals surface area contributed by atoms with Crippen LogP contribution in [0.25, 0.3) is 0 Å². The van der Waals surface area contributed by atoms with Gasteiger partial charge in [0.05, 0.1) is 11.9 Å². The van der Waals surface area contributed by atoms with Crippen LogP contribution in [0.15, 0.2) is 36.7 Å². The third-order valence-electron chi connectivity index (χ3n) is 3.62. The predicted octanol–water partition coefficient (Wildman–Crippen LogP) is 3.04. The van der Waals surface area contributed by atoms with E-state index in [0.29, 0.717) is 5.69 Å². The van der Waals surface area contributed by atoms with Crippen LogP contribution in [0.3, 0.4) is 0 Å². The second-order valence-corrected chi connectivity index (χ2v) is 5.12. The fourth-order valence-corrected chi connectivity index (χ4v) is 2.21. The first-order valence-electron chi connectivity index (χ1n) is 6.53. The van der Waals surface area contributed by atoms with E-state index in [4.69, 9.17) is 0 Å². The summed E-state index contributed by atoms with van der Waals surface area (Å²) in [6.45, 7) is 2.84. The van der Waals surface area contributed by atoms with Gasteiger partial charge in [0.15, 0.2) is 0 Å². The highest BCUT2D eigenvalue weighted by molar-refractivity contribution is 5.32. The van der Waals surface area contributed by atoms with Crippen molar-refractivity contribution in [2.45, 2.75) is 31.5 Å². The molecule has 0 saturated heterocycles. The first kappa shape index (κ1) is 16.2. The van der Waals surface area contributed by atoms with Gasteiger partial charge in [-0.3, -0.25) is 9.97 Å². The highest BCUT2D eigenvalue weighted by atomic mass is 19.4. The van der Waals surface area contributed by atoms with Crippen LogP contribution >= 0.6 is 0 Å². The van der Waals surface area contributed by atoms with Crippen LogP contribution in [-0.2, 0) is 5.60 Å². The first-order chi connectivity index (χ1) is 10.2. The molecule has 0 saturated carbocycles. The molecule has 0 aliphatic rings. The number of alkyl halides is 3. The van der Waals surface area contributed by atoms with Gasteiger partial charge in [-0.1, -0.05) is 19.1 Å². The van der Waals surface area contributed by atoms with Crippen molar-refractivity contribution in [2.75, 3.05) is 0 Å². The summed E-state index contributed by atoms with van der Waals surface area (Å²) < 4.78 is 40.6. The predicted molar refractivity (Wildman–Crippen MR) is 73.2 cm³/mol. The lowest BCUT2D eigenvalue weighted by Crippen LogP contribution is -2.47. The minimum absolute atomic E-state index is 0.0679. The van der Waals surface area contributed by atoms with E-state index in [9.17, 15) is 23.4 Å². The van der Waals surface area contributed by atoms with Gasteiger partial charge < -0.3 is 10.2 Å². The van der Waals surface area contributed by atoms with Gasteiger partial charge in [0, 0.05) is 12.1 Å². The zero-order chi connectivity index (χ0) is 16.5. The van der Waals surface area contributed by atoms with Gasteiger partial charge in [-0.2, -0.15) is 13.2 Å². The molecule has 2 N–H and O–H groups in total. The molecule has 2 unspecified atom stereocenters. The molecule has 118 valence electrons. The smallest absolute Gasteiger partial charge is 0.423 e. The maximum atomic E-state index is 13.5. The summed E-state index contributed by atoms with van der Waals surface area (Å²) in [4.78, 5) is 7.49. The molecule has 0 radical (unpaired) electrons. The third-order valence-corrected chi connectivity index (χ3v) is 3.62. The summed E-state index contributed by atoms with van der Waals surface area (Å²) in [6, 6.07) is 5.20. The number of hydrogen-bond donors (Lipinski definition) is 2. The molecular weight excluding hydrogens is 297 g/mol. The molecule has 7 heteroatoms. The molecule has 2 aromatic rings. The van der Waals surface area contributed by atoms with E-state index in [2.05, 4.69) is 9.97 Å². The van der Waals surface area contributed by atoms with Crippen molar-refractivity contribution in [3.63, 3.8) is 0 Å². The zero-order valence-corrected chi connectivity index (χ0v) is 12.0. The molecule has 0 spiro atoms. The molecule has 1 heterocycles. The first-order valence-corrected chi connectivity index (χ1v) is 6.53. The van der Waals surface area contributed by atoms with Crippen LogP contribution in [0.2, 0.25) is 0 Å². The quantitative estimate of drug-likeness (QED) is 0.914. The number of aliphatic hydroxyl groups is 1. The van der Waals surface area contributed by atoms with Gasteiger partial charge in [0.2, 0.25) is 5.60 Å². The monoisotopic (exact) mass is 312 g/mol. The number of phenolic OH excluding ortho intramolecular Hbond substituents is 1. The lowest BCUT2D eigenvalue weighted by Gasteiger charge is -2.35. The highest BCUT2D eigenvalue weighted by Gasteiger charge is 2.59. The van der Waals surface area contributed by atoms with Crippen molar-refractivity contribution in [3.8, 4) is 5.75 Å². The topological polar surface area (TPSA) is 66.2 Å². The Hall–Kier alpha value is -2.15. The lowest BCUT2D eigenvalue weighted by molar-refractivity contribution is -0.276. The Morgan fingerprint density at radius 2 is 1.64 bits per heavy atom. The summed E-state index contributed by atoms with van der Waals surface area (Å²) in [7, 11) is 0. The second kappa shape index (κ2) is 5.57. The molecule has 1 aromatic carbocycles. The number of aryl methyl sites for hydroxylation is 1. The molecule has 22 heavy (non-hydrogen) atoms. The number of hydrogen-bond acceptors (Lipinski definition) is 4. The average Bonchev–Trinajstić information content (AvgIpc) is 2.46. The van der Waals surface area contributed by atoms with E-state index in [1.165, 1.54) is 37.4 Å². The maximum absolute atomic E-state index is 13.5. The molecule has 0 aliphatic carbocycles. The summed E-state index contributed by atoms with van der Waals surface area (Å²) in [5.41, 5.74) is -3.07. The summed E-state index contributed by atoms with van der Waals surface area (Å²) in [6.07, 6.45) is -2.83. The van der Waals surface area contributed by atoms with E-state index in [1.807, 2.05) is 0 Å². The Kier molecular flexibility index (Phi) is 4.10. The van der Waals surface area contributed by atoms with Gasteiger partial charge in [-0.05, 0) is 24.6 Å². The maximum Gasteiger partial charge on any atom is 0.423 e. The van der Waals surface area contributed by atoms with Gasteiger partial charge in [0.25, 0.3) is 0 Å². The minimum atomic E-state index is -4.94. The van der Waals surface area contributed by atoms with Crippen molar-refractivity contribution in [1.29, 1.82) is 0 Å². The van der Waals surface area contributed by atoms with Crippen molar-refractivity contribution < 1.29 is 23.4 Å². The molecule has 0 bridgehead atoms. The molecule has 0 fully saturated rings. The molecule has 2 atom stereocenters. The molecular formula is C15H15F3N2O2. The Morgan fingerprint density at radius 1 is 1.05 bits per heavy atom. The van der Waals surface area contributed by atoms with Crippen molar-refractivity contribution in [1.82, 2.24) is 9.97 Å². The Bertz CT molecular complexity index is 641. The van der Waals surface area contributed by atoms with Gasteiger partial charge in [0.1, 0.15) is 11.4 Å². The van der Waals surface area contributed by atoms with Crippen molar-refractivity contribution >= 4 is 0 Å². The van der Waals surface area contributed by atoms with E-state index >= 15 is 0 Å². The fourth-order valence-electron chi connectivity index (χ4n) is 2.21. The van der Waals surface area contributed by atoms with Crippen LogP contribution in [0.1, 0.15) is 29.8 Å². The van der Waals surface area contributed by atoms with Gasteiger partial charge >= 0.3 is 6.18 Å². The molecule has 0 aliphatic heterocycles. The number of rotatable bonds is 3. The largest absolute Gasteiger partial charge is 0.508 e. The molecule has 2 rings (SSSR count). The van der Waals surface area contributed by atoms with E-state index in [-0.39, 0.29) is 11.3 Å². The molecule has 4 nitrogen and oxygen atoms in total. The van der Waals surface area contributed by atoms with E-state index in [1.54, 1.807) is 6.92 Å². The standard InChI is InChI=1S/C15H15F3N2O2/c1-9-7-20-13(8-19-9)14(22,15(16,17)18)10(2)11-3-5-12(21)6-4-11/h3-8,10,21-22H,1-2H3. The lowest BCUT2D eigenvalue weighted by atomic mass is 9.80. The number of benzene rings is 1. The second-order valence-electron chi connectivity index (χ2n) is 5.12. The third kappa shape index (κ3) is 2.76. The Balaban J connectivity index is 2.54. The van der Waals surface area contributed by atoms with Gasteiger partial charge in [-0.15, -0.1) is 0 Å². The molecule has 1 aromatic heterocycles. The van der Waals surface area contributed by atoms with E-state index < -0.39 is 23.4 Å². The summed E-state index contributed by atoms with van der Waals surface area (Å²) >= 11 is 0. The molecule has 0 amide bonds. The highest BCUT2D eigenvalue weighted by Crippen LogP contribution is 2.47. The minimum Gasteiger partial charge on any atom is -0.508 e. The van der Waals surface area contributed by atoms with E-state index in [0.717, 1.165) is 6.20 Å². The van der Waals surface area contributed by atoms with Crippen molar-refractivity contribution in [3.05, 3.63) is 53.6 Å². The average molecular weight is 312 g/mol. The number of aromatic nitrogens is 2. The normalized spacial score (nSPS) is 16.1. The SMILES string of the molecule is Cc1cnc(C(O)(C(C)c2ccc(O)cc2)C(F)(F)F)cn1. The number of phenols is 1. The van der Waals surface area contributed by atoms with Crippen LogP contribution in [-0.4, -0.2) is 26.4 Å². The number of nitrogens with zero attached hydrogens (tertiary/aromatic N) is 2. The van der Waals surface area contributed by atoms with Gasteiger partial charge in [-0.25, -0.2) is 0 Å². The fraction of sp³-hybridized carbons (Fsp3) is 0.333. The van der Waals surface area contributed by atoms with Crippen molar-refractivity contribution in [2.24, 2.45) is 0 Å². The summed E-state index contributed by atoms with van der Waals surface area (Å²) in [5.74, 6) is -1.40. The number of aromatic hydroxyl groups is 1. The Labute approximate surface area is 125 Å². The van der Waals surface area contributed by atoms with Crippen LogP contribution in [0.5, 0.6) is 5.75 Å². The van der Waals surface area contributed by atoms with Crippen LogP contribution in [0.4, 0.5) is 13.2 Å². The van der Waals surface area contributed by atoms with Crippen LogP contribution in [0, 0.1) is 6.92 Å². The zero-order valence-electron chi connectivity index (χ0n) is 12.0. The Morgan fingerprint density at radius 3 is 2.09 bits per heavy atom.